The Morgan fingerprint density at radius 2 is 1.60 bits per heavy atom. The number of furan rings is 1. The van der Waals surface area contributed by atoms with Gasteiger partial charge in [0.05, 0.1) is 5.56 Å². The number of nitrogens with zero attached hydrogens (tertiary/aromatic N) is 1. The number of rotatable bonds is 3. The maximum atomic E-state index is 8.27. The highest BCUT2D eigenvalue weighted by Gasteiger charge is 2.21. The van der Waals surface area contributed by atoms with Gasteiger partial charge in [0.15, 0.2) is 6.20 Å². The van der Waals surface area contributed by atoms with Crippen molar-refractivity contribution in [2.75, 3.05) is 0 Å². The summed E-state index contributed by atoms with van der Waals surface area (Å²) >= 11 is 0. The van der Waals surface area contributed by atoms with Crippen LogP contribution in [0, 0.1) is 6.92 Å². The van der Waals surface area contributed by atoms with E-state index < -0.39 is 5.89 Å². The predicted molar refractivity (Wildman–Crippen MR) is 125 cm³/mol. The molecule has 0 spiro atoms. The van der Waals surface area contributed by atoms with Crippen molar-refractivity contribution in [1.29, 1.82) is 0 Å². The lowest BCUT2D eigenvalue weighted by molar-refractivity contribution is -0.660. The third kappa shape index (κ3) is 2.91. The molecule has 5 aromatic rings. The maximum Gasteiger partial charge on any atom is 0.216 e. The molecule has 0 saturated heterocycles. The Hall–Kier alpha value is -3.39. The number of aromatic nitrogens is 1. The van der Waals surface area contributed by atoms with Crippen LogP contribution in [0.15, 0.2) is 83.4 Å². The summed E-state index contributed by atoms with van der Waals surface area (Å²) in [7, 11) is 2.07. The lowest BCUT2D eigenvalue weighted by atomic mass is 9.97. The Balaban J connectivity index is 1.77. The van der Waals surface area contributed by atoms with Crippen molar-refractivity contribution in [3.05, 3.63) is 90.1 Å². The van der Waals surface area contributed by atoms with Crippen LogP contribution in [-0.2, 0) is 7.05 Å². The fraction of sp³-hybridized carbons (Fsp3) is 0.179. The molecule has 3 aromatic carbocycles. The van der Waals surface area contributed by atoms with E-state index in [1.54, 1.807) is 0 Å². The van der Waals surface area contributed by atoms with Crippen LogP contribution in [0.3, 0.4) is 0 Å². The van der Waals surface area contributed by atoms with Crippen molar-refractivity contribution < 1.29 is 10.4 Å². The highest BCUT2D eigenvalue weighted by atomic mass is 16.3. The van der Waals surface area contributed by atoms with Gasteiger partial charge < -0.3 is 4.42 Å². The Morgan fingerprint density at radius 3 is 2.33 bits per heavy atom. The molecule has 0 bridgehead atoms. The second kappa shape index (κ2) is 7.14. The fourth-order valence-electron chi connectivity index (χ4n) is 4.27. The third-order valence-corrected chi connectivity index (χ3v) is 5.96. The quantitative estimate of drug-likeness (QED) is 0.297. The molecular weight excluding hydrogens is 366 g/mol. The number of hydrogen-bond acceptors (Lipinski definition) is 1. The lowest BCUT2D eigenvalue weighted by Crippen LogP contribution is -2.30. The smallest absolute Gasteiger partial charge is 0.216 e. The van der Waals surface area contributed by atoms with Crippen LogP contribution in [0.4, 0.5) is 0 Å². The standard InChI is InChI=1S/C28H26NO/c1-18(2)20-12-14-21(15-13-20)22-8-7-9-23-24-16-11-19(3)26(28(24)30-27(22)23)25-10-5-6-17-29(25)4/h5-18H,1-4H3/q+1/i18D. The molecule has 0 N–H and O–H groups in total. The van der Waals surface area contributed by atoms with E-state index in [1.807, 2.05) is 32.0 Å². The van der Waals surface area contributed by atoms with Gasteiger partial charge in [-0.15, -0.1) is 0 Å². The first-order chi connectivity index (χ1) is 14.8. The topological polar surface area (TPSA) is 17.0 Å². The van der Waals surface area contributed by atoms with Gasteiger partial charge in [-0.2, -0.15) is 0 Å². The highest BCUT2D eigenvalue weighted by molar-refractivity contribution is 6.13. The minimum absolute atomic E-state index is 0.610. The molecule has 148 valence electrons. The van der Waals surface area contributed by atoms with Gasteiger partial charge in [0.2, 0.25) is 5.69 Å². The van der Waals surface area contributed by atoms with Crippen LogP contribution in [0.2, 0.25) is 0 Å². The molecule has 2 aromatic heterocycles. The number of pyridine rings is 1. The minimum Gasteiger partial charge on any atom is -0.454 e. The molecule has 0 aliphatic carbocycles. The zero-order valence-electron chi connectivity index (χ0n) is 18.9. The zero-order chi connectivity index (χ0) is 21.8. The summed E-state index contributed by atoms with van der Waals surface area (Å²) in [6.07, 6.45) is 2.07. The normalized spacial score (nSPS) is 12.5. The molecule has 0 aliphatic rings. The van der Waals surface area contributed by atoms with Gasteiger partial charge in [-0.1, -0.05) is 68.4 Å². The monoisotopic (exact) mass is 393 g/mol. The summed E-state index contributed by atoms with van der Waals surface area (Å²) < 4.78 is 17.0. The van der Waals surface area contributed by atoms with Crippen LogP contribution >= 0.6 is 0 Å². The summed E-state index contributed by atoms with van der Waals surface area (Å²) in [4.78, 5) is 0. The maximum absolute atomic E-state index is 8.27. The van der Waals surface area contributed by atoms with E-state index in [-0.39, 0.29) is 0 Å². The summed E-state index contributed by atoms with van der Waals surface area (Å²) in [6, 6.07) is 25.2. The van der Waals surface area contributed by atoms with Crippen molar-refractivity contribution in [1.82, 2.24) is 0 Å². The van der Waals surface area contributed by atoms with E-state index in [9.17, 15) is 0 Å². The van der Waals surface area contributed by atoms with Gasteiger partial charge in [0.1, 0.15) is 18.2 Å². The van der Waals surface area contributed by atoms with Crippen LogP contribution in [-0.4, -0.2) is 0 Å². The third-order valence-electron chi connectivity index (χ3n) is 5.96. The Morgan fingerprint density at radius 1 is 0.833 bits per heavy atom. The molecule has 2 heteroatoms. The van der Waals surface area contributed by atoms with E-state index in [0.717, 1.165) is 49.9 Å². The average molecular weight is 394 g/mol. The van der Waals surface area contributed by atoms with Crippen molar-refractivity contribution in [2.45, 2.75) is 26.7 Å². The first kappa shape index (κ1) is 17.5. The van der Waals surface area contributed by atoms with E-state index in [4.69, 9.17) is 5.79 Å². The first-order valence-electron chi connectivity index (χ1n) is 10.9. The number of aryl methyl sites for hydroxylation is 2. The molecule has 2 nitrogen and oxygen atoms in total. The van der Waals surface area contributed by atoms with E-state index in [1.165, 1.54) is 5.56 Å². The van der Waals surface area contributed by atoms with Crippen molar-refractivity contribution >= 4 is 21.9 Å². The number of benzene rings is 3. The fourth-order valence-corrected chi connectivity index (χ4v) is 4.27. The molecule has 5 rings (SSSR count). The van der Waals surface area contributed by atoms with Gasteiger partial charge >= 0.3 is 0 Å². The Bertz CT molecular complexity index is 1420. The van der Waals surface area contributed by atoms with Gasteiger partial charge in [-0.05, 0) is 35.6 Å². The van der Waals surface area contributed by atoms with Crippen LogP contribution in [0.5, 0.6) is 0 Å². The van der Waals surface area contributed by atoms with Crippen molar-refractivity contribution in [3.8, 4) is 22.4 Å². The molecule has 0 atom stereocenters. The predicted octanol–water partition coefficient (Wildman–Crippen LogP) is 7.18. The van der Waals surface area contributed by atoms with Gasteiger partial charge in [-0.3, -0.25) is 0 Å². The molecule has 0 amide bonds. The summed E-state index contributed by atoms with van der Waals surface area (Å²) in [6.45, 7) is 5.96. The number of hydrogen-bond donors (Lipinski definition) is 0. The average Bonchev–Trinajstić information content (AvgIpc) is 3.12. The van der Waals surface area contributed by atoms with Crippen molar-refractivity contribution in [2.24, 2.45) is 7.05 Å². The lowest BCUT2D eigenvalue weighted by Gasteiger charge is -2.07. The van der Waals surface area contributed by atoms with Crippen LogP contribution in [0.1, 0.15) is 32.2 Å². The summed E-state index contributed by atoms with van der Waals surface area (Å²) in [5, 5.41) is 2.25. The van der Waals surface area contributed by atoms with E-state index >= 15 is 0 Å². The van der Waals surface area contributed by atoms with E-state index in [2.05, 4.69) is 79.3 Å². The second-order valence-electron chi connectivity index (χ2n) is 8.19. The SMILES string of the molecule is [2H]C(C)(C)c1ccc(-c2cccc3c2oc2c(-c4cccc[n+]4C)c(C)ccc23)cc1. The van der Waals surface area contributed by atoms with Crippen LogP contribution in [0.25, 0.3) is 44.3 Å². The second-order valence-corrected chi connectivity index (χ2v) is 8.19. The Labute approximate surface area is 178 Å². The summed E-state index contributed by atoms with van der Waals surface area (Å²) in [5.41, 5.74) is 8.46. The molecule has 0 radical (unpaired) electrons. The number of para-hydroxylation sites is 1. The van der Waals surface area contributed by atoms with E-state index in [0.29, 0.717) is 0 Å². The Kier molecular flexibility index (Phi) is 4.16. The first-order valence-corrected chi connectivity index (χ1v) is 10.4. The molecule has 30 heavy (non-hydrogen) atoms. The minimum atomic E-state index is -0.610. The van der Waals surface area contributed by atoms with Gasteiger partial charge in [0, 0.05) is 29.8 Å². The molecule has 0 unspecified atom stereocenters. The van der Waals surface area contributed by atoms with Gasteiger partial charge in [0.25, 0.3) is 0 Å². The van der Waals surface area contributed by atoms with Crippen LogP contribution < -0.4 is 4.57 Å². The van der Waals surface area contributed by atoms with Gasteiger partial charge in [-0.25, -0.2) is 4.57 Å². The largest absolute Gasteiger partial charge is 0.454 e. The molecule has 0 fully saturated rings. The summed E-state index contributed by atoms with van der Waals surface area (Å²) in [5.74, 6) is -0.610. The zero-order valence-corrected chi connectivity index (χ0v) is 17.9. The molecule has 0 saturated carbocycles. The molecular formula is C28H26NO+. The number of fused-ring (bicyclic) bond motifs is 3. The highest BCUT2D eigenvalue weighted by Crippen LogP contribution is 2.40. The van der Waals surface area contributed by atoms with Crippen molar-refractivity contribution in [3.63, 3.8) is 0 Å². The molecule has 2 heterocycles. The molecule has 0 aliphatic heterocycles.